The van der Waals surface area contributed by atoms with Crippen molar-refractivity contribution in [2.45, 2.75) is 13.0 Å². The van der Waals surface area contributed by atoms with Gasteiger partial charge in [-0.05, 0) is 41.0 Å². The molecule has 0 atom stereocenters. The molecule has 6 rings (SSSR count). The highest BCUT2D eigenvalue weighted by Gasteiger charge is 2.30. The first-order valence-corrected chi connectivity index (χ1v) is 12.0. The van der Waals surface area contributed by atoms with Gasteiger partial charge in [0.25, 0.3) is 5.91 Å². The van der Waals surface area contributed by atoms with Crippen molar-refractivity contribution in [2.24, 2.45) is 0 Å². The zero-order valence-electron chi connectivity index (χ0n) is 19.1. The minimum atomic E-state index is 0.114. The monoisotopic (exact) mass is 449 g/mol. The lowest BCUT2D eigenvalue weighted by Crippen LogP contribution is -2.36. The lowest BCUT2D eigenvalue weighted by molar-refractivity contribution is 0.0780. The highest BCUT2D eigenvalue weighted by Crippen LogP contribution is 2.34. The van der Waals surface area contributed by atoms with E-state index in [1.165, 1.54) is 5.69 Å². The van der Waals surface area contributed by atoms with Gasteiger partial charge in [0.15, 0.2) is 0 Å². The second-order valence-corrected chi connectivity index (χ2v) is 8.96. The van der Waals surface area contributed by atoms with Crippen molar-refractivity contribution in [3.05, 3.63) is 95.7 Å². The number of anilines is 1. The summed E-state index contributed by atoms with van der Waals surface area (Å²) >= 11 is 0. The predicted octanol–water partition coefficient (Wildman–Crippen LogP) is 4.94. The number of pyridine rings is 1. The maximum atomic E-state index is 13.5. The molecule has 0 radical (unpaired) electrons. The number of hydrogen-bond acceptors (Lipinski definition) is 4. The molecule has 1 aromatic heterocycles. The van der Waals surface area contributed by atoms with Crippen LogP contribution in [0.5, 0.6) is 0 Å². The summed E-state index contributed by atoms with van der Waals surface area (Å²) < 4.78 is 5.50. The Morgan fingerprint density at radius 3 is 2.65 bits per heavy atom. The van der Waals surface area contributed by atoms with Crippen molar-refractivity contribution in [1.82, 2.24) is 9.88 Å². The summed E-state index contributed by atoms with van der Waals surface area (Å²) in [5.74, 6) is 0.114. The van der Waals surface area contributed by atoms with Crippen molar-refractivity contribution in [2.75, 3.05) is 37.7 Å². The van der Waals surface area contributed by atoms with Gasteiger partial charge in [-0.2, -0.15) is 0 Å². The van der Waals surface area contributed by atoms with Crippen molar-refractivity contribution >= 4 is 22.5 Å². The van der Waals surface area contributed by atoms with E-state index in [4.69, 9.17) is 9.72 Å². The molecule has 0 saturated carbocycles. The van der Waals surface area contributed by atoms with E-state index >= 15 is 0 Å². The number of para-hydroxylation sites is 1. The molecule has 3 aromatic carbocycles. The smallest absolute Gasteiger partial charge is 0.255 e. The number of carbonyl (C=O) groups excluding carboxylic acids is 1. The van der Waals surface area contributed by atoms with Gasteiger partial charge in [0.1, 0.15) is 0 Å². The topological polar surface area (TPSA) is 45.7 Å². The van der Waals surface area contributed by atoms with E-state index in [1.807, 2.05) is 23.1 Å². The maximum Gasteiger partial charge on any atom is 0.255 e. The van der Waals surface area contributed by atoms with E-state index < -0.39 is 0 Å². The van der Waals surface area contributed by atoms with Crippen LogP contribution >= 0.6 is 0 Å². The Kier molecular flexibility index (Phi) is 5.47. The van der Waals surface area contributed by atoms with Crippen molar-refractivity contribution in [1.29, 1.82) is 0 Å². The molecule has 2 aliphatic heterocycles. The van der Waals surface area contributed by atoms with Crippen LogP contribution in [0.25, 0.3) is 22.0 Å². The number of benzene rings is 3. The van der Waals surface area contributed by atoms with Gasteiger partial charge >= 0.3 is 0 Å². The van der Waals surface area contributed by atoms with Gasteiger partial charge in [-0.3, -0.25) is 9.78 Å². The Hall–Kier alpha value is -3.70. The first-order valence-electron chi connectivity index (χ1n) is 12.0. The Bertz CT molecular complexity index is 1360. The summed E-state index contributed by atoms with van der Waals surface area (Å²) in [6.07, 6.45) is 0.742. The number of fused-ring (bicyclic) bond motifs is 2. The SMILES string of the molecule is O=C1c2c(cccc2-c2cccc(N3CCOCC3)c2)CN1CCc1ccc2ccccc2n1. The van der Waals surface area contributed by atoms with Gasteiger partial charge in [-0.25, -0.2) is 0 Å². The second kappa shape index (κ2) is 8.92. The summed E-state index contributed by atoms with van der Waals surface area (Å²) in [5.41, 5.74) is 7.25. The number of amides is 1. The van der Waals surface area contributed by atoms with E-state index in [1.54, 1.807) is 0 Å². The molecule has 1 saturated heterocycles. The van der Waals surface area contributed by atoms with Crippen molar-refractivity contribution in [3.63, 3.8) is 0 Å². The van der Waals surface area contributed by atoms with Gasteiger partial charge in [-0.15, -0.1) is 0 Å². The molecule has 4 aromatic rings. The molecule has 5 heteroatoms. The van der Waals surface area contributed by atoms with E-state index in [-0.39, 0.29) is 5.91 Å². The van der Waals surface area contributed by atoms with Gasteiger partial charge in [-0.1, -0.05) is 54.6 Å². The van der Waals surface area contributed by atoms with Crippen LogP contribution in [0.3, 0.4) is 0 Å². The Morgan fingerprint density at radius 1 is 0.882 bits per heavy atom. The number of rotatable bonds is 5. The quantitative estimate of drug-likeness (QED) is 0.433. The summed E-state index contributed by atoms with van der Waals surface area (Å²) in [4.78, 5) is 22.6. The molecule has 5 nitrogen and oxygen atoms in total. The summed E-state index contributed by atoms with van der Waals surface area (Å²) in [5, 5.41) is 1.14. The fraction of sp³-hybridized carbons (Fsp3) is 0.241. The van der Waals surface area contributed by atoms with Gasteiger partial charge < -0.3 is 14.5 Å². The number of hydrogen-bond donors (Lipinski definition) is 0. The maximum absolute atomic E-state index is 13.5. The zero-order valence-corrected chi connectivity index (χ0v) is 19.1. The summed E-state index contributed by atoms with van der Waals surface area (Å²) in [6, 6.07) is 27.1. The molecule has 1 fully saturated rings. The fourth-order valence-corrected chi connectivity index (χ4v) is 5.03. The number of ether oxygens (including phenoxy) is 1. The largest absolute Gasteiger partial charge is 0.378 e. The third-order valence-corrected chi connectivity index (χ3v) is 6.84. The van der Waals surface area contributed by atoms with Gasteiger partial charge in [0, 0.05) is 49.4 Å². The summed E-state index contributed by atoms with van der Waals surface area (Å²) in [6.45, 7) is 4.61. The van der Waals surface area contributed by atoms with Crippen LogP contribution in [0, 0.1) is 0 Å². The zero-order chi connectivity index (χ0) is 22.9. The van der Waals surface area contributed by atoms with Crippen molar-refractivity contribution in [3.8, 4) is 11.1 Å². The molecule has 0 bridgehead atoms. The minimum Gasteiger partial charge on any atom is -0.378 e. The molecule has 0 unspecified atom stereocenters. The van der Waals surface area contributed by atoms with E-state index in [2.05, 4.69) is 65.6 Å². The van der Waals surface area contributed by atoms with Crippen LogP contribution < -0.4 is 4.90 Å². The number of carbonyl (C=O) groups is 1. The Labute approximate surface area is 199 Å². The molecule has 3 heterocycles. The lowest BCUT2D eigenvalue weighted by Gasteiger charge is -2.29. The van der Waals surface area contributed by atoms with Crippen LogP contribution in [0.1, 0.15) is 21.6 Å². The minimum absolute atomic E-state index is 0.114. The number of aromatic nitrogens is 1. The first-order chi connectivity index (χ1) is 16.8. The highest BCUT2D eigenvalue weighted by atomic mass is 16.5. The molecule has 34 heavy (non-hydrogen) atoms. The van der Waals surface area contributed by atoms with Crippen molar-refractivity contribution < 1.29 is 9.53 Å². The molecular weight excluding hydrogens is 422 g/mol. The fourth-order valence-electron chi connectivity index (χ4n) is 5.03. The van der Waals surface area contributed by atoms with Crippen LogP contribution in [0.4, 0.5) is 5.69 Å². The molecule has 0 spiro atoms. The predicted molar refractivity (Wildman–Crippen MR) is 135 cm³/mol. The van der Waals surface area contributed by atoms with E-state index in [0.29, 0.717) is 13.1 Å². The van der Waals surface area contributed by atoms with Crippen LogP contribution in [0.2, 0.25) is 0 Å². The van der Waals surface area contributed by atoms with Gasteiger partial charge in [0.05, 0.1) is 24.3 Å². The average Bonchev–Trinajstić information content (AvgIpc) is 3.23. The Morgan fingerprint density at radius 2 is 1.74 bits per heavy atom. The van der Waals surface area contributed by atoms with Crippen LogP contribution in [-0.2, 0) is 17.7 Å². The average molecular weight is 450 g/mol. The van der Waals surface area contributed by atoms with Gasteiger partial charge in [0.2, 0.25) is 0 Å². The third kappa shape index (κ3) is 3.93. The lowest BCUT2D eigenvalue weighted by atomic mass is 9.96. The number of nitrogens with zero attached hydrogens (tertiary/aromatic N) is 3. The molecule has 2 aliphatic rings. The van der Waals surface area contributed by atoms with E-state index in [9.17, 15) is 4.79 Å². The third-order valence-electron chi connectivity index (χ3n) is 6.84. The second-order valence-electron chi connectivity index (χ2n) is 8.96. The standard InChI is InChI=1S/C29H27N3O2/c33-29-28-23(20-32(29)14-13-24-12-11-21-5-1-2-10-27(21)30-24)7-4-9-26(28)22-6-3-8-25(19-22)31-15-17-34-18-16-31/h1-12,19H,13-18,20H2. The normalized spacial score (nSPS) is 15.7. The first kappa shape index (κ1) is 20.9. The van der Waals surface area contributed by atoms with Crippen LogP contribution in [0.15, 0.2) is 78.9 Å². The molecule has 0 aliphatic carbocycles. The molecule has 1 amide bonds. The Balaban J connectivity index is 1.23. The molecule has 170 valence electrons. The summed E-state index contributed by atoms with van der Waals surface area (Å²) in [7, 11) is 0. The number of morpholine rings is 1. The molecular formula is C29H27N3O2. The van der Waals surface area contributed by atoms with Crippen LogP contribution in [-0.4, -0.2) is 48.6 Å². The molecule has 0 N–H and O–H groups in total. The van der Waals surface area contributed by atoms with E-state index in [0.717, 1.165) is 71.6 Å². The highest BCUT2D eigenvalue weighted by molar-refractivity contribution is 6.04.